The van der Waals surface area contributed by atoms with Crippen molar-refractivity contribution in [2.24, 2.45) is 5.92 Å². The Morgan fingerprint density at radius 1 is 1.30 bits per heavy atom. The summed E-state index contributed by atoms with van der Waals surface area (Å²) in [7, 11) is 0. The maximum absolute atomic E-state index is 13.1. The molecule has 1 aromatic rings. The Labute approximate surface area is 127 Å². The van der Waals surface area contributed by atoms with Gasteiger partial charge in [0.1, 0.15) is 0 Å². The molecule has 2 heterocycles. The molecule has 1 aliphatic rings. The number of amides is 1. The van der Waals surface area contributed by atoms with Crippen LogP contribution in [-0.4, -0.2) is 30.2 Å². The van der Waals surface area contributed by atoms with Crippen molar-refractivity contribution >= 4 is 5.91 Å². The third-order valence-corrected chi connectivity index (χ3v) is 3.38. The van der Waals surface area contributed by atoms with Crippen LogP contribution < -0.4 is 10.6 Å². The molecule has 0 radical (unpaired) electrons. The predicted molar refractivity (Wildman–Crippen MR) is 67.2 cm³/mol. The van der Waals surface area contributed by atoms with Crippen LogP contribution in [0.5, 0.6) is 0 Å². The Hall–Kier alpha value is -1.84. The zero-order valence-electron chi connectivity index (χ0n) is 11.6. The smallest absolute Gasteiger partial charge is 0.340 e. The molecule has 0 saturated carbocycles. The molecular weight excluding hydrogens is 328 g/mol. The fourth-order valence-electron chi connectivity index (χ4n) is 2.08. The van der Waals surface area contributed by atoms with Crippen LogP contribution in [-0.2, 0) is 11.0 Å². The van der Waals surface area contributed by atoms with Gasteiger partial charge in [-0.1, -0.05) is 0 Å². The number of alkyl halides is 6. The third-order valence-electron chi connectivity index (χ3n) is 3.38. The molecule has 1 amide bonds. The molecule has 1 unspecified atom stereocenters. The van der Waals surface area contributed by atoms with Crippen LogP contribution in [0.15, 0.2) is 18.3 Å². The molecule has 1 aliphatic heterocycles. The van der Waals surface area contributed by atoms with Crippen molar-refractivity contribution in [3.63, 3.8) is 0 Å². The van der Waals surface area contributed by atoms with Gasteiger partial charge in [-0.05, 0) is 31.1 Å². The lowest BCUT2D eigenvalue weighted by Gasteiger charge is -2.28. The molecular formula is C13H13F6N3O. The van der Waals surface area contributed by atoms with E-state index in [0.717, 1.165) is 0 Å². The van der Waals surface area contributed by atoms with Crippen molar-refractivity contribution in [1.29, 1.82) is 0 Å². The van der Waals surface area contributed by atoms with Crippen molar-refractivity contribution in [2.45, 2.75) is 24.8 Å². The van der Waals surface area contributed by atoms with Gasteiger partial charge in [-0.2, -0.15) is 26.3 Å². The van der Waals surface area contributed by atoms with Crippen LogP contribution in [0, 0.1) is 5.92 Å². The third kappa shape index (κ3) is 4.57. The summed E-state index contributed by atoms with van der Waals surface area (Å²) in [4.78, 5) is 15.0. The molecule has 1 aromatic heterocycles. The van der Waals surface area contributed by atoms with Crippen molar-refractivity contribution in [1.82, 2.24) is 15.6 Å². The number of carbonyl (C=O) groups excluding carboxylic acids is 1. The molecule has 4 nitrogen and oxygen atoms in total. The molecule has 1 fully saturated rings. The van der Waals surface area contributed by atoms with Crippen LogP contribution in [0.3, 0.4) is 0 Å². The minimum absolute atomic E-state index is 0.0710. The fraction of sp³-hybridized carbons (Fsp3) is 0.538. The van der Waals surface area contributed by atoms with E-state index in [1.165, 1.54) is 0 Å². The number of nitrogens with one attached hydrogen (secondary N) is 2. The highest BCUT2D eigenvalue weighted by molar-refractivity contribution is 5.77. The van der Waals surface area contributed by atoms with Gasteiger partial charge >= 0.3 is 12.4 Å². The maximum atomic E-state index is 13.1. The van der Waals surface area contributed by atoms with Crippen LogP contribution in [0.4, 0.5) is 26.3 Å². The van der Waals surface area contributed by atoms with Gasteiger partial charge in [-0.3, -0.25) is 9.78 Å². The second-order valence-corrected chi connectivity index (χ2v) is 5.24. The number of halogens is 6. The number of carbonyl (C=O) groups is 1. The van der Waals surface area contributed by atoms with E-state index in [0.29, 0.717) is 31.4 Å². The van der Waals surface area contributed by atoms with Gasteiger partial charge in [0, 0.05) is 12.6 Å². The first-order valence-electron chi connectivity index (χ1n) is 6.67. The molecule has 128 valence electrons. The summed E-state index contributed by atoms with van der Waals surface area (Å²) in [6.45, 7) is 1.04. The van der Waals surface area contributed by atoms with Gasteiger partial charge in [0.15, 0.2) is 6.04 Å². The summed E-state index contributed by atoms with van der Waals surface area (Å²) in [6.07, 6.45) is -9.24. The Bertz CT molecular complexity index is 568. The van der Waals surface area contributed by atoms with E-state index in [-0.39, 0.29) is 12.3 Å². The molecule has 0 aromatic carbocycles. The lowest BCUT2D eigenvalue weighted by atomic mass is 9.98. The SMILES string of the molecule is O=C(CC1CNC1)NC(c1cc(C(F)(F)F)ccn1)C(F)(F)F. The Morgan fingerprint density at radius 3 is 2.43 bits per heavy atom. The molecule has 23 heavy (non-hydrogen) atoms. The number of hydrogen-bond acceptors (Lipinski definition) is 3. The van der Waals surface area contributed by atoms with Crippen molar-refractivity contribution < 1.29 is 31.1 Å². The number of pyridine rings is 1. The molecule has 1 saturated heterocycles. The summed E-state index contributed by atoms with van der Waals surface area (Å²) in [5.74, 6) is -0.948. The predicted octanol–water partition coefficient (Wildman–Crippen LogP) is 2.43. The fourth-order valence-corrected chi connectivity index (χ4v) is 2.08. The molecule has 10 heteroatoms. The lowest BCUT2D eigenvalue weighted by molar-refractivity contribution is -0.165. The van der Waals surface area contributed by atoms with E-state index >= 15 is 0 Å². The standard InChI is InChI=1S/C13H13F6N3O/c14-12(15,16)8-1-2-21-9(4-8)11(13(17,18)19)22-10(23)3-7-5-20-6-7/h1-2,4,7,11,20H,3,5-6H2,(H,22,23). The van der Waals surface area contributed by atoms with Crippen molar-refractivity contribution in [2.75, 3.05) is 13.1 Å². The summed E-state index contributed by atoms with van der Waals surface area (Å²) >= 11 is 0. The van der Waals surface area contributed by atoms with E-state index in [1.54, 1.807) is 5.32 Å². The van der Waals surface area contributed by atoms with Crippen LogP contribution in [0.25, 0.3) is 0 Å². The zero-order valence-corrected chi connectivity index (χ0v) is 11.6. The van der Waals surface area contributed by atoms with Gasteiger partial charge in [-0.25, -0.2) is 0 Å². The zero-order chi connectivity index (χ0) is 17.3. The second-order valence-electron chi connectivity index (χ2n) is 5.24. The largest absolute Gasteiger partial charge is 0.416 e. The topological polar surface area (TPSA) is 54.0 Å². The van der Waals surface area contributed by atoms with Gasteiger partial charge in [0.05, 0.1) is 11.3 Å². The minimum atomic E-state index is -4.95. The molecule has 2 rings (SSSR count). The quantitative estimate of drug-likeness (QED) is 0.827. The van der Waals surface area contributed by atoms with Crippen LogP contribution in [0.1, 0.15) is 23.7 Å². The number of rotatable bonds is 4. The lowest BCUT2D eigenvalue weighted by Crippen LogP contribution is -2.46. The first-order valence-corrected chi connectivity index (χ1v) is 6.67. The molecule has 0 aliphatic carbocycles. The first-order chi connectivity index (χ1) is 10.6. The monoisotopic (exact) mass is 341 g/mol. The van der Waals surface area contributed by atoms with E-state index in [9.17, 15) is 31.1 Å². The van der Waals surface area contributed by atoms with Crippen LogP contribution >= 0.6 is 0 Å². The minimum Gasteiger partial charge on any atom is -0.340 e. The summed E-state index contributed by atoms with van der Waals surface area (Å²) < 4.78 is 77.1. The van der Waals surface area contributed by atoms with Crippen LogP contribution in [0.2, 0.25) is 0 Å². The van der Waals surface area contributed by atoms with Gasteiger partial charge < -0.3 is 10.6 Å². The highest BCUT2D eigenvalue weighted by Crippen LogP contribution is 2.35. The number of aromatic nitrogens is 1. The van der Waals surface area contributed by atoms with Gasteiger partial charge in [0.25, 0.3) is 0 Å². The molecule has 1 atom stereocenters. The average Bonchev–Trinajstić information content (AvgIpc) is 2.38. The highest BCUT2D eigenvalue weighted by Gasteiger charge is 2.44. The summed E-state index contributed by atoms with van der Waals surface area (Å²) in [5.41, 5.74) is -2.15. The van der Waals surface area contributed by atoms with E-state index < -0.39 is 35.6 Å². The molecule has 0 spiro atoms. The Balaban J connectivity index is 2.19. The highest BCUT2D eigenvalue weighted by atomic mass is 19.4. The van der Waals surface area contributed by atoms with Crippen molar-refractivity contribution in [3.05, 3.63) is 29.6 Å². The number of nitrogens with zero attached hydrogens (tertiary/aromatic N) is 1. The second kappa shape index (κ2) is 6.34. The van der Waals surface area contributed by atoms with E-state index in [4.69, 9.17) is 0 Å². The van der Waals surface area contributed by atoms with E-state index in [2.05, 4.69) is 10.3 Å². The Morgan fingerprint density at radius 2 is 1.96 bits per heavy atom. The summed E-state index contributed by atoms with van der Waals surface area (Å²) in [6, 6.07) is -1.72. The molecule has 0 bridgehead atoms. The average molecular weight is 341 g/mol. The normalized spacial score (nSPS) is 17.5. The maximum Gasteiger partial charge on any atom is 0.416 e. The van der Waals surface area contributed by atoms with E-state index in [1.807, 2.05) is 0 Å². The van der Waals surface area contributed by atoms with Crippen molar-refractivity contribution in [3.8, 4) is 0 Å². The number of hydrogen-bond donors (Lipinski definition) is 2. The van der Waals surface area contributed by atoms with Gasteiger partial charge in [0.2, 0.25) is 5.91 Å². The molecule has 2 N–H and O–H groups in total. The first kappa shape index (κ1) is 17.5. The van der Waals surface area contributed by atoms with Gasteiger partial charge in [-0.15, -0.1) is 0 Å². The Kier molecular flexibility index (Phi) is 4.83. The summed E-state index contributed by atoms with van der Waals surface area (Å²) in [5, 5.41) is 4.60.